The lowest BCUT2D eigenvalue weighted by molar-refractivity contribution is -0.0385. The van der Waals surface area contributed by atoms with Crippen molar-refractivity contribution in [2.45, 2.75) is 24.9 Å². The van der Waals surface area contributed by atoms with Crippen molar-refractivity contribution < 1.29 is 5.11 Å². The maximum Gasteiger partial charge on any atom is 0.0917 e. The third kappa shape index (κ3) is 1.92. The van der Waals surface area contributed by atoms with Gasteiger partial charge in [-0.25, -0.2) is 0 Å². The van der Waals surface area contributed by atoms with Gasteiger partial charge >= 0.3 is 0 Å². The van der Waals surface area contributed by atoms with Gasteiger partial charge in [-0.1, -0.05) is 29.8 Å². The summed E-state index contributed by atoms with van der Waals surface area (Å²) in [7, 11) is 0. The van der Waals surface area contributed by atoms with Crippen LogP contribution in [0.4, 0.5) is 0 Å². The van der Waals surface area contributed by atoms with E-state index in [1.165, 1.54) is 0 Å². The highest BCUT2D eigenvalue weighted by atomic mass is 35.5. The number of halogens is 1. The van der Waals surface area contributed by atoms with E-state index in [0.717, 1.165) is 36.1 Å². The summed E-state index contributed by atoms with van der Waals surface area (Å²) in [6, 6.07) is 11.4. The second-order valence-electron chi connectivity index (χ2n) is 4.79. The van der Waals surface area contributed by atoms with Crippen LogP contribution < -0.4 is 0 Å². The molecule has 0 unspecified atom stereocenters. The molecule has 0 spiro atoms. The molecule has 1 aromatic carbocycles. The molecule has 1 aromatic heterocycles. The summed E-state index contributed by atoms with van der Waals surface area (Å²) in [6.45, 7) is 0. The lowest BCUT2D eigenvalue weighted by Gasteiger charge is -2.38. The summed E-state index contributed by atoms with van der Waals surface area (Å²) >= 11 is 5.90. The molecule has 92 valence electrons. The second kappa shape index (κ2) is 4.38. The van der Waals surface area contributed by atoms with Crippen LogP contribution in [0, 0.1) is 0 Å². The summed E-state index contributed by atoms with van der Waals surface area (Å²) in [5.41, 5.74) is 2.09. The van der Waals surface area contributed by atoms with E-state index in [-0.39, 0.29) is 0 Å². The van der Waals surface area contributed by atoms with Crippen molar-refractivity contribution in [3.63, 3.8) is 0 Å². The number of hydrogen-bond acceptors (Lipinski definition) is 2. The largest absolute Gasteiger partial charge is 0.385 e. The molecule has 1 saturated carbocycles. The first kappa shape index (κ1) is 11.7. The minimum Gasteiger partial charge on any atom is -0.385 e. The van der Waals surface area contributed by atoms with Crippen molar-refractivity contribution in [2.75, 3.05) is 0 Å². The minimum atomic E-state index is -0.691. The third-order valence-electron chi connectivity index (χ3n) is 3.61. The van der Waals surface area contributed by atoms with Crippen LogP contribution in [0.1, 0.15) is 24.8 Å². The SMILES string of the molecule is OC1(c2cccnc2-c2ccc(Cl)cc2)CCC1. The molecule has 1 heterocycles. The monoisotopic (exact) mass is 259 g/mol. The Hall–Kier alpha value is -1.38. The summed E-state index contributed by atoms with van der Waals surface area (Å²) in [6.07, 6.45) is 4.47. The van der Waals surface area contributed by atoms with Gasteiger partial charge in [0.2, 0.25) is 0 Å². The summed E-state index contributed by atoms with van der Waals surface area (Å²) in [5.74, 6) is 0. The lowest BCUT2D eigenvalue weighted by Crippen LogP contribution is -2.34. The number of aromatic nitrogens is 1. The molecule has 0 amide bonds. The molecule has 18 heavy (non-hydrogen) atoms. The van der Waals surface area contributed by atoms with Gasteiger partial charge in [0.25, 0.3) is 0 Å². The van der Waals surface area contributed by atoms with Crippen LogP contribution in [-0.4, -0.2) is 10.1 Å². The second-order valence-corrected chi connectivity index (χ2v) is 5.23. The standard InChI is InChI=1S/C15H14ClNO/c16-12-6-4-11(5-7-12)14-13(3-1-10-17-14)15(18)8-2-9-15/h1,3-7,10,18H,2,8-9H2. The smallest absolute Gasteiger partial charge is 0.0917 e. The highest BCUT2D eigenvalue weighted by Crippen LogP contribution is 2.44. The molecular formula is C15H14ClNO. The summed E-state index contributed by atoms with van der Waals surface area (Å²) in [4.78, 5) is 4.42. The number of benzene rings is 1. The van der Waals surface area contributed by atoms with Crippen molar-refractivity contribution in [1.29, 1.82) is 0 Å². The van der Waals surface area contributed by atoms with Crippen LogP contribution in [0.15, 0.2) is 42.6 Å². The topological polar surface area (TPSA) is 33.1 Å². The highest BCUT2D eigenvalue weighted by molar-refractivity contribution is 6.30. The van der Waals surface area contributed by atoms with Gasteiger partial charge < -0.3 is 5.11 Å². The molecule has 2 nitrogen and oxygen atoms in total. The molecule has 1 N–H and O–H groups in total. The fourth-order valence-corrected chi connectivity index (χ4v) is 2.53. The van der Waals surface area contributed by atoms with E-state index in [1.54, 1.807) is 6.20 Å². The fraction of sp³-hybridized carbons (Fsp3) is 0.267. The Balaban J connectivity index is 2.09. The van der Waals surface area contributed by atoms with Gasteiger partial charge in [-0.05, 0) is 37.5 Å². The van der Waals surface area contributed by atoms with E-state index in [0.29, 0.717) is 5.02 Å². The first-order chi connectivity index (χ1) is 8.69. The highest BCUT2D eigenvalue weighted by Gasteiger charge is 2.38. The number of aliphatic hydroxyl groups is 1. The summed E-state index contributed by atoms with van der Waals surface area (Å²) in [5, 5.41) is 11.2. The summed E-state index contributed by atoms with van der Waals surface area (Å²) < 4.78 is 0. The van der Waals surface area contributed by atoms with Gasteiger partial charge in [0.05, 0.1) is 11.3 Å². The third-order valence-corrected chi connectivity index (χ3v) is 3.86. The van der Waals surface area contributed by atoms with Crippen molar-refractivity contribution in [3.8, 4) is 11.3 Å². The number of pyridine rings is 1. The first-order valence-corrected chi connectivity index (χ1v) is 6.51. The van der Waals surface area contributed by atoms with E-state index in [4.69, 9.17) is 11.6 Å². The van der Waals surface area contributed by atoms with Crippen LogP contribution in [0.5, 0.6) is 0 Å². The van der Waals surface area contributed by atoms with E-state index >= 15 is 0 Å². The molecule has 0 radical (unpaired) electrons. The van der Waals surface area contributed by atoms with E-state index < -0.39 is 5.60 Å². The van der Waals surface area contributed by atoms with Crippen LogP contribution in [0.25, 0.3) is 11.3 Å². The molecule has 1 aliphatic rings. The predicted molar refractivity (Wildman–Crippen MR) is 72.4 cm³/mol. The maximum atomic E-state index is 10.5. The van der Waals surface area contributed by atoms with Gasteiger partial charge in [-0.3, -0.25) is 4.98 Å². The molecule has 3 heteroatoms. The zero-order valence-corrected chi connectivity index (χ0v) is 10.7. The Kier molecular flexibility index (Phi) is 2.84. The average Bonchev–Trinajstić information content (AvgIpc) is 2.37. The van der Waals surface area contributed by atoms with E-state index in [2.05, 4.69) is 4.98 Å². The molecule has 0 atom stereocenters. The number of rotatable bonds is 2. The van der Waals surface area contributed by atoms with Gasteiger partial charge in [0, 0.05) is 22.3 Å². The Morgan fingerprint density at radius 3 is 2.44 bits per heavy atom. The Morgan fingerprint density at radius 1 is 1.11 bits per heavy atom. The van der Waals surface area contributed by atoms with Crippen LogP contribution in [0.3, 0.4) is 0 Å². The Labute approximate surface area is 111 Å². The quantitative estimate of drug-likeness (QED) is 0.891. The van der Waals surface area contributed by atoms with Gasteiger partial charge in [-0.15, -0.1) is 0 Å². The lowest BCUT2D eigenvalue weighted by atomic mass is 9.74. The van der Waals surface area contributed by atoms with Crippen molar-refractivity contribution in [3.05, 3.63) is 53.2 Å². The van der Waals surface area contributed by atoms with Crippen molar-refractivity contribution >= 4 is 11.6 Å². The average molecular weight is 260 g/mol. The van der Waals surface area contributed by atoms with Crippen molar-refractivity contribution in [2.24, 2.45) is 0 Å². The van der Waals surface area contributed by atoms with Gasteiger partial charge in [0.15, 0.2) is 0 Å². The molecular weight excluding hydrogens is 246 g/mol. The normalized spacial score (nSPS) is 17.2. The molecule has 1 aliphatic carbocycles. The van der Waals surface area contributed by atoms with Crippen molar-refractivity contribution in [1.82, 2.24) is 4.98 Å². The van der Waals surface area contributed by atoms with E-state index in [1.807, 2.05) is 36.4 Å². The maximum absolute atomic E-state index is 10.5. The van der Waals surface area contributed by atoms with Crippen LogP contribution in [-0.2, 0) is 5.60 Å². The number of hydrogen-bond donors (Lipinski definition) is 1. The molecule has 0 bridgehead atoms. The molecule has 1 fully saturated rings. The number of nitrogens with zero attached hydrogens (tertiary/aromatic N) is 1. The van der Waals surface area contributed by atoms with Gasteiger partial charge in [0.1, 0.15) is 0 Å². The Bertz CT molecular complexity index is 561. The fourth-order valence-electron chi connectivity index (χ4n) is 2.40. The zero-order valence-electron chi connectivity index (χ0n) is 9.94. The minimum absolute atomic E-state index is 0.691. The van der Waals surface area contributed by atoms with Crippen LogP contribution >= 0.6 is 11.6 Å². The molecule has 2 aromatic rings. The van der Waals surface area contributed by atoms with E-state index in [9.17, 15) is 5.11 Å². The molecule has 3 rings (SSSR count). The zero-order chi connectivity index (χ0) is 12.6. The predicted octanol–water partition coefficient (Wildman–Crippen LogP) is 3.77. The Morgan fingerprint density at radius 2 is 1.83 bits per heavy atom. The molecule has 0 aliphatic heterocycles. The molecule has 0 saturated heterocycles. The van der Waals surface area contributed by atoms with Crippen LogP contribution in [0.2, 0.25) is 5.02 Å². The van der Waals surface area contributed by atoms with Gasteiger partial charge in [-0.2, -0.15) is 0 Å². The first-order valence-electron chi connectivity index (χ1n) is 6.13.